The molecule has 0 atom stereocenters. The summed E-state index contributed by atoms with van der Waals surface area (Å²) < 4.78 is 0. The number of carbonyl (C=O) groups is 2. The highest BCUT2D eigenvalue weighted by molar-refractivity contribution is 7.12. The van der Waals surface area contributed by atoms with Crippen LogP contribution in [-0.4, -0.2) is 17.3 Å². The molecular formula is C13H12N2O2S. The number of hydrogen-bond donors (Lipinski definition) is 1. The topological polar surface area (TPSA) is 49.4 Å². The molecule has 1 aromatic carbocycles. The molecule has 0 saturated carbocycles. The van der Waals surface area contributed by atoms with Crippen molar-refractivity contribution in [1.82, 2.24) is 10.4 Å². The van der Waals surface area contributed by atoms with Crippen LogP contribution >= 0.6 is 11.3 Å². The molecule has 0 fully saturated rings. The molecule has 2 aromatic rings. The second-order valence-corrected chi connectivity index (χ2v) is 4.55. The van der Waals surface area contributed by atoms with E-state index in [1.807, 2.05) is 35.7 Å². The summed E-state index contributed by atoms with van der Waals surface area (Å²) in [6, 6.07) is 13.0. The van der Waals surface area contributed by atoms with Crippen LogP contribution in [0.4, 0.5) is 0 Å². The van der Waals surface area contributed by atoms with Crippen LogP contribution in [0.2, 0.25) is 0 Å². The summed E-state index contributed by atoms with van der Waals surface area (Å²) in [5.41, 5.74) is 3.38. The first-order valence-corrected chi connectivity index (χ1v) is 6.28. The van der Waals surface area contributed by atoms with Crippen molar-refractivity contribution in [3.63, 3.8) is 0 Å². The van der Waals surface area contributed by atoms with Crippen LogP contribution in [0, 0.1) is 0 Å². The predicted molar refractivity (Wildman–Crippen MR) is 69.8 cm³/mol. The van der Waals surface area contributed by atoms with Crippen LogP contribution in [0.1, 0.15) is 15.2 Å². The average molecular weight is 260 g/mol. The summed E-state index contributed by atoms with van der Waals surface area (Å²) in [7, 11) is 0. The molecule has 18 heavy (non-hydrogen) atoms. The van der Waals surface area contributed by atoms with Gasteiger partial charge in [0.25, 0.3) is 5.91 Å². The molecule has 1 aromatic heterocycles. The molecular weight excluding hydrogens is 248 g/mol. The number of thiophene rings is 1. The fraction of sp³-hybridized carbons (Fsp3) is 0.0769. The van der Waals surface area contributed by atoms with E-state index in [1.54, 1.807) is 12.1 Å². The van der Waals surface area contributed by atoms with E-state index in [1.165, 1.54) is 16.3 Å². The van der Waals surface area contributed by atoms with Crippen LogP contribution in [0.25, 0.3) is 0 Å². The summed E-state index contributed by atoms with van der Waals surface area (Å²) in [5.74, 6) is -0.207. The number of amides is 2. The maximum atomic E-state index is 12.1. The zero-order chi connectivity index (χ0) is 12.8. The Morgan fingerprint density at radius 2 is 2.00 bits per heavy atom. The molecule has 4 nitrogen and oxygen atoms in total. The standard InChI is InChI=1S/C13H12N2O2S/c16-10-14-15(9-11-5-2-1-3-6-11)13(17)12-7-4-8-18-12/h1-8,10H,9H2,(H,14,16). The molecule has 1 N–H and O–H groups in total. The number of benzene rings is 1. The lowest BCUT2D eigenvalue weighted by Crippen LogP contribution is -2.41. The fourth-order valence-electron chi connectivity index (χ4n) is 1.54. The molecule has 92 valence electrons. The third-order valence-electron chi connectivity index (χ3n) is 2.37. The van der Waals surface area contributed by atoms with Crippen LogP contribution in [0.3, 0.4) is 0 Å². The van der Waals surface area contributed by atoms with Crippen molar-refractivity contribution in [3.05, 3.63) is 58.3 Å². The van der Waals surface area contributed by atoms with E-state index in [9.17, 15) is 9.59 Å². The number of nitrogens with one attached hydrogen (secondary N) is 1. The fourth-order valence-corrected chi connectivity index (χ4v) is 2.21. The minimum atomic E-state index is -0.207. The maximum Gasteiger partial charge on any atom is 0.282 e. The van der Waals surface area contributed by atoms with Gasteiger partial charge in [-0.15, -0.1) is 11.3 Å². The SMILES string of the molecule is O=CNN(Cc1ccccc1)C(=O)c1cccs1. The second-order valence-electron chi connectivity index (χ2n) is 3.60. The van der Waals surface area contributed by atoms with Crippen molar-refractivity contribution < 1.29 is 9.59 Å². The highest BCUT2D eigenvalue weighted by atomic mass is 32.1. The Kier molecular flexibility index (Phi) is 4.09. The summed E-state index contributed by atoms with van der Waals surface area (Å²) in [6.07, 6.45) is 0.508. The van der Waals surface area contributed by atoms with Crippen molar-refractivity contribution in [2.75, 3.05) is 0 Å². The van der Waals surface area contributed by atoms with Gasteiger partial charge in [0.05, 0.1) is 11.4 Å². The zero-order valence-corrected chi connectivity index (χ0v) is 10.4. The first-order chi connectivity index (χ1) is 8.81. The van der Waals surface area contributed by atoms with Gasteiger partial charge in [-0.1, -0.05) is 36.4 Å². The van der Waals surface area contributed by atoms with Gasteiger partial charge in [0.1, 0.15) is 0 Å². The molecule has 1 heterocycles. The van der Waals surface area contributed by atoms with E-state index in [2.05, 4.69) is 5.43 Å². The normalized spacial score (nSPS) is 9.78. The van der Waals surface area contributed by atoms with Gasteiger partial charge in [0.15, 0.2) is 0 Å². The van der Waals surface area contributed by atoms with E-state index in [4.69, 9.17) is 0 Å². The molecule has 0 spiro atoms. The number of hydrazine groups is 1. The lowest BCUT2D eigenvalue weighted by atomic mass is 10.2. The Morgan fingerprint density at radius 1 is 1.22 bits per heavy atom. The van der Waals surface area contributed by atoms with Gasteiger partial charge in [-0.3, -0.25) is 15.0 Å². The third-order valence-corrected chi connectivity index (χ3v) is 3.23. The Morgan fingerprint density at radius 3 is 2.61 bits per heavy atom. The van der Waals surface area contributed by atoms with Gasteiger partial charge in [-0.25, -0.2) is 5.01 Å². The van der Waals surface area contributed by atoms with E-state index in [-0.39, 0.29) is 5.91 Å². The molecule has 2 amide bonds. The molecule has 0 unspecified atom stereocenters. The molecule has 0 aliphatic carbocycles. The maximum absolute atomic E-state index is 12.1. The van der Waals surface area contributed by atoms with Crippen molar-refractivity contribution in [2.45, 2.75) is 6.54 Å². The highest BCUT2D eigenvalue weighted by Gasteiger charge is 2.16. The predicted octanol–water partition coefficient (Wildman–Crippen LogP) is 2.05. The summed E-state index contributed by atoms with van der Waals surface area (Å²) in [4.78, 5) is 23.3. The van der Waals surface area contributed by atoms with E-state index in [0.717, 1.165) is 5.56 Å². The Bertz CT molecular complexity index is 511. The third kappa shape index (κ3) is 2.95. The molecule has 0 aliphatic heterocycles. The second kappa shape index (κ2) is 5.97. The van der Waals surface area contributed by atoms with Gasteiger partial charge >= 0.3 is 0 Å². The zero-order valence-electron chi connectivity index (χ0n) is 9.58. The summed E-state index contributed by atoms with van der Waals surface area (Å²) in [6.45, 7) is 0.344. The molecule has 0 radical (unpaired) electrons. The largest absolute Gasteiger partial charge is 0.282 e. The lowest BCUT2D eigenvalue weighted by molar-refractivity contribution is -0.113. The van der Waals surface area contributed by atoms with Crippen LogP contribution in [0.15, 0.2) is 47.8 Å². The summed E-state index contributed by atoms with van der Waals surface area (Å²) >= 11 is 1.35. The van der Waals surface area contributed by atoms with Crippen molar-refractivity contribution >= 4 is 23.7 Å². The van der Waals surface area contributed by atoms with Crippen molar-refractivity contribution in [2.24, 2.45) is 0 Å². The van der Waals surface area contributed by atoms with Gasteiger partial charge < -0.3 is 0 Å². The monoisotopic (exact) mass is 260 g/mol. The number of rotatable bonds is 5. The minimum absolute atomic E-state index is 0.207. The average Bonchev–Trinajstić information content (AvgIpc) is 2.92. The van der Waals surface area contributed by atoms with Crippen molar-refractivity contribution in [3.8, 4) is 0 Å². The van der Waals surface area contributed by atoms with E-state index in [0.29, 0.717) is 17.8 Å². The Hall–Kier alpha value is -2.14. The number of hydrogen-bond acceptors (Lipinski definition) is 3. The van der Waals surface area contributed by atoms with Crippen LogP contribution in [-0.2, 0) is 11.3 Å². The highest BCUT2D eigenvalue weighted by Crippen LogP contribution is 2.12. The van der Waals surface area contributed by atoms with Crippen molar-refractivity contribution in [1.29, 1.82) is 0 Å². The van der Waals surface area contributed by atoms with Gasteiger partial charge in [0, 0.05) is 0 Å². The van der Waals surface area contributed by atoms with E-state index < -0.39 is 0 Å². The van der Waals surface area contributed by atoms with Gasteiger partial charge in [0.2, 0.25) is 6.41 Å². The minimum Gasteiger partial charge on any atom is -0.277 e. The van der Waals surface area contributed by atoms with Gasteiger partial charge in [-0.05, 0) is 17.0 Å². The summed E-state index contributed by atoms with van der Waals surface area (Å²) in [5, 5.41) is 3.13. The van der Waals surface area contributed by atoms with Crippen LogP contribution < -0.4 is 5.43 Å². The number of carbonyl (C=O) groups excluding carboxylic acids is 2. The smallest absolute Gasteiger partial charge is 0.277 e. The van der Waals surface area contributed by atoms with E-state index >= 15 is 0 Å². The Labute approximate surface area is 109 Å². The first kappa shape index (κ1) is 12.3. The molecule has 0 saturated heterocycles. The molecule has 2 rings (SSSR count). The molecule has 0 bridgehead atoms. The molecule has 5 heteroatoms. The number of nitrogens with zero attached hydrogens (tertiary/aromatic N) is 1. The lowest BCUT2D eigenvalue weighted by Gasteiger charge is -2.20. The quantitative estimate of drug-likeness (QED) is 0.660. The first-order valence-electron chi connectivity index (χ1n) is 5.40. The van der Waals surface area contributed by atoms with Gasteiger partial charge in [-0.2, -0.15) is 0 Å². The van der Waals surface area contributed by atoms with Crippen LogP contribution in [0.5, 0.6) is 0 Å². The Balaban J connectivity index is 2.13. The molecule has 0 aliphatic rings.